The molecular formula is C9H9F3N2. The van der Waals surface area contributed by atoms with E-state index in [-0.39, 0.29) is 5.56 Å². The van der Waals surface area contributed by atoms with Gasteiger partial charge in [0.2, 0.25) is 0 Å². The quantitative estimate of drug-likeness (QED) is 0.532. The van der Waals surface area contributed by atoms with E-state index in [9.17, 15) is 13.2 Å². The third-order valence-corrected chi connectivity index (χ3v) is 1.77. The molecule has 5 heteroatoms. The highest BCUT2D eigenvalue weighted by molar-refractivity contribution is 5.96. The monoisotopic (exact) mass is 202 g/mol. The first-order valence-electron chi connectivity index (χ1n) is 3.84. The van der Waals surface area contributed by atoms with Crippen LogP contribution in [-0.4, -0.2) is 5.84 Å². The molecule has 0 fully saturated rings. The number of nitrogen functional groups attached to an aromatic ring is 1. The van der Waals surface area contributed by atoms with Crippen LogP contribution in [0.4, 0.5) is 13.2 Å². The normalized spacial score (nSPS) is 11.4. The maximum atomic E-state index is 12.4. The van der Waals surface area contributed by atoms with Gasteiger partial charge in [-0.05, 0) is 13.0 Å². The maximum Gasteiger partial charge on any atom is 0.417 e. The van der Waals surface area contributed by atoms with Gasteiger partial charge in [-0.3, -0.25) is 5.41 Å². The molecule has 1 rings (SSSR count). The zero-order valence-corrected chi connectivity index (χ0v) is 7.44. The van der Waals surface area contributed by atoms with E-state index in [0.29, 0.717) is 5.56 Å². The van der Waals surface area contributed by atoms with Gasteiger partial charge in [0.1, 0.15) is 5.84 Å². The Labute approximate surface area is 79.0 Å². The Morgan fingerprint density at radius 2 is 1.93 bits per heavy atom. The van der Waals surface area contributed by atoms with Gasteiger partial charge in [0.25, 0.3) is 0 Å². The predicted octanol–water partition coefficient (Wildman–Crippen LogP) is 2.30. The Bertz CT molecular complexity index is 369. The highest BCUT2D eigenvalue weighted by atomic mass is 19.4. The number of benzene rings is 1. The fourth-order valence-electron chi connectivity index (χ4n) is 1.13. The molecule has 0 saturated heterocycles. The molecule has 1 aromatic rings. The van der Waals surface area contributed by atoms with Crippen LogP contribution in [0.5, 0.6) is 0 Å². The molecule has 1 aromatic carbocycles. The van der Waals surface area contributed by atoms with E-state index in [2.05, 4.69) is 0 Å². The van der Waals surface area contributed by atoms with E-state index in [1.54, 1.807) is 6.92 Å². The number of rotatable bonds is 1. The van der Waals surface area contributed by atoms with Crippen LogP contribution in [0.1, 0.15) is 16.7 Å². The van der Waals surface area contributed by atoms with Gasteiger partial charge >= 0.3 is 6.18 Å². The topological polar surface area (TPSA) is 49.9 Å². The number of nitrogens with one attached hydrogen (secondary N) is 1. The lowest BCUT2D eigenvalue weighted by atomic mass is 10.0. The van der Waals surface area contributed by atoms with Crippen LogP contribution in [-0.2, 0) is 6.18 Å². The number of nitrogens with two attached hydrogens (primary N) is 1. The summed E-state index contributed by atoms with van der Waals surface area (Å²) in [4.78, 5) is 0. The number of hydrogen-bond acceptors (Lipinski definition) is 1. The largest absolute Gasteiger partial charge is 0.417 e. The minimum absolute atomic E-state index is 0.275. The molecule has 76 valence electrons. The summed E-state index contributed by atoms with van der Waals surface area (Å²) in [6, 6.07) is 3.68. The van der Waals surface area contributed by atoms with E-state index >= 15 is 0 Å². The van der Waals surface area contributed by atoms with Crippen LogP contribution >= 0.6 is 0 Å². The molecule has 0 radical (unpaired) electrons. The fourth-order valence-corrected chi connectivity index (χ4v) is 1.13. The molecule has 0 heterocycles. The molecule has 3 N–H and O–H groups in total. The van der Waals surface area contributed by atoms with Crippen LogP contribution in [0.2, 0.25) is 0 Å². The van der Waals surface area contributed by atoms with E-state index in [4.69, 9.17) is 11.1 Å². The minimum Gasteiger partial charge on any atom is -0.384 e. The summed E-state index contributed by atoms with van der Waals surface area (Å²) in [5, 5.41) is 7.00. The van der Waals surface area contributed by atoms with Crippen LogP contribution in [0, 0.1) is 12.3 Å². The average molecular weight is 202 g/mol. The van der Waals surface area contributed by atoms with Crippen LogP contribution in [0.15, 0.2) is 18.2 Å². The smallest absolute Gasteiger partial charge is 0.384 e. The molecular weight excluding hydrogens is 193 g/mol. The van der Waals surface area contributed by atoms with Gasteiger partial charge in [-0.1, -0.05) is 17.7 Å². The van der Waals surface area contributed by atoms with Crippen molar-refractivity contribution in [3.05, 3.63) is 34.9 Å². The fraction of sp³-hybridized carbons (Fsp3) is 0.222. The highest BCUT2D eigenvalue weighted by Gasteiger charge is 2.33. The standard InChI is InChI=1S/C9H9F3N2/c1-5-2-3-6(8(13)14)7(4-5)9(10,11)12/h2-4H,1H3,(H3,13,14). The first kappa shape index (κ1) is 10.6. The Hall–Kier alpha value is -1.52. The van der Waals surface area contributed by atoms with Crippen molar-refractivity contribution in [2.24, 2.45) is 5.73 Å². The van der Waals surface area contributed by atoms with Crippen molar-refractivity contribution in [2.75, 3.05) is 0 Å². The van der Waals surface area contributed by atoms with Gasteiger partial charge in [-0.15, -0.1) is 0 Å². The van der Waals surface area contributed by atoms with Gasteiger partial charge in [-0.25, -0.2) is 0 Å². The predicted molar refractivity (Wildman–Crippen MR) is 47.2 cm³/mol. The van der Waals surface area contributed by atoms with E-state index in [1.165, 1.54) is 12.1 Å². The van der Waals surface area contributed by atoms with Crippen molar-refractivity contribution in [2.45, 2.75) is 13.1 Å². The van der Waals surface area contributed by atoms with Crippen LogP contribution < -0.4 is 5.73 Å². The third-order valence-electron chi connectivity index (χ3n) is 1.77. The summed E-state index contributed by atoms with van der Waals surface area (Å²) in [5.41, 5.74) is 4.40. The number of hydrogen-bond donors (Lipinski definition) is 2. The Balaban J connectivity index is 3.38. The van der Waals surface area contributed by atoms with Gasteiger partial charge in [0.15, 0.2) is 0 Å². The van der Waals surface area contributed by atoms with Gasteiger partial charge in [0.05, 0.1) is 5.56 Å². The molecule has 0 amide bonds. The number of alkyl halides is 3. The molecule has 0 spiro atoms. The SMILES string of the molecule is Cc1ccc(C(=N)N)c(C(F)(F)F)c1. The molecule has 0 aliphatic heterocycles. The molecule has 0 aliphatic rings. The number of halogens is 3. The number of aryl methyl sites for hydroxylation is 1. The summed E-state index contributed by atoms with van der Waals surface area (Å²) in [6.07, 6.45) is -4.47. The third kappa shape index (κ3) is 2.04. The first-order chi connectivity index (χ1) is 6.32. The molecule has 14 heavy (non-hydrogen) atoms. The molecule has 0 unspecified atom stereocenters. The van der Waals surface area contributed by atoms with Crippen molar-refractivity contribution >= 4 is 5.84 Å². The first-order valence-corrected chi connectivity index (χ1v) is 3.84. The van der Waals surface area contributed by atoms with Crippen molar-refractivity contribution < 1.29 is 13.2 Å². The lowest BCUT2D eigenvalue weighted by Crippen LogP contribution is -2.18. The second-order valence-corrected chi connectivity index (χ2v) is 2.96. The van der Waals surface area contributed by atoms with Crippen molar-refractivity contribution in [3.63, 3.8) is 0 Å². The van der Waals surface area contributed by atoms with Crippen molar-refractivity contribution in [1.29, 1.82) is 5.41 Å². The number of amidine groups is 1. The summed E-state index contributed by atoms with van der Waals surface area (Å²) >= 11 is 0. The van der Waals surface area contributed by atoms with E-state index < -0.39 is 17.6 Å². The minimum atomic E-state index is -4.47. The summed E-state index contributed by atoms with van der Waals surface area (Å²) in [6.45, 7) is 1.55. The molecule has 0 saturated carbocycles. The molecule has 0 aromatic heterocycles. The van der Waals surface area contributed by atoms with Crippen LogP contribution in [0.25, 0.3) is 0 Å². The van der Waals surface area contributed by atoms with Gasteiger partial charge < -0.3 is 5.73 Å². The highest BCUT2D eigenvalue weighted by Crippen LogP contribution is 2.32. The average Bonchev–Trinajstić information content (AvgIpc) is 2.01. The lowest BCUT2D eigenvalue weighted by molar-refractivity contribution is -0.137. The molecule has 2 nitrogen and oxygen atoms in total. The zero-order chi connectivity index (χ0) is 10.9. The second-order valence-electron chi connectivity index (χ2n) is 2.96. The molecule has 0 bridgehead atoms. The summed E-state index contributed by atoms with van der Waals surface area (Å²) in [7, 11) is 0. The molecule has 0 atom stereocenters. The maximum absolute atomic E-state index is 12.4. The summed E-state index contributed by atoms with van der Waals surface area (Å²) < 4.78 is 37.3. The van der Waals surface area contributed by atoms with Crippen molar-refractivity contribution in [1.82, 2.24) is 0 Å². The molecule has 0 aliphatic carbocycles. The lowest BCUT2D eigenvalue weighted by Gasteiger charge is -2.12. The second kappa shape index (κ2) is 3.32. The van der Waals surface area contributed by atoms with E-state index in [1.807, 2.05) is 0 Å². The van der Waals surface area contributed by atoms with Crippen molar-refractivity contribution in [3.8, 4) is 0 Å². The van der Waals surface area contributed by atoms with Gasteiger partial charge in [-0.2, -0.15) is 13.2 Å². The Morgan fingerprint density at radius 3 is 2.36 bits per heavy atom. The summed E-state index contributed by atoms with van der Waals surface area (Å²) in [5.74, 6) is -0.572. The van der Waals surface area contributed by atoms with Gasteiger partial charge in [0, 0.05) is 5.56 Å². The Kier molecular flexibility index (Phi) is 2.51. The zero-order valence-electron chi connectivity index (χ0n) is 7.44. The van der Waals surface area contributed by atoms with Crippen LogP contribution in [0.3, 0.4) is 0 Å². The van der Waals surface area contributed by atoms with E-state index in [0.717, 1.165) is 6.07 Å². The Morgan fingerprint density at radius 1 is 1.36 bits per heavy atom.